The van der Waals surface area contributed by atoms with E-state index in [1.54, 1.807) is 26.0 Å². The van der Waals surface area contributed by atoms with E-state index >= 15 is 0 Å². The molecule has 1 aliphatic heterocycles. The van der Waals surface area contributed by atoms with Crippen molar-refractivity contribution in [2.24, 2.45) is 0 Å². The van der Waals surface area contributed by atoms with Gasteiger partial charge in [-0.1, -0.05) is 11.6 Å². The quantitative estimate of drug-likeness (QED) is 0.903. The summed E-state index contributed by atoms with van der Waals surface area (Å²) in [5, 5.41) is 10.4. The number of β-amino-alcohol motifs (C(OH)–C–C–N with tert-alkyl or cyclic N) is 1. The summed E-state index contributed by atoms with van der Waals surface area (Å²) in [4.78, 5) is 0.254. The fourth-order valence-corrected chi connectivity index (χ4v) is 4.14. The number of rotatable bonds is 2. The number of aliphatic hydroxyl groups is 1. The van der Waals surface area contributed by atoms with Gasteiger partial charge in [0.05, 0.1) is 10.5 Å². The molecule has 1 fully saturated rings. The summed E-state index contributed by atoms with van der Waals surface area (Å²) in [6, 6.07) is 4.71. The Morgan fingerprint density at radius 1 is 1.44 bits per heavy atom. The van der Waals surface area contributed by atoms with Crippen LogP contribution in [-0.2, 0) is 10.0 Å². The van der Waals surface area contributed by atoms with Crippen molar-refractivity contribution < 1.29 is 13.5 Å². The van der Waals surface area contributed by atoms with E-state index in [0.29, 0.717) is 23.6 Å². The topological polar surface area (TPSA) is 57.6 Å². The maximum absolute atomic E-state index is 12.4. The van der Waals surface area contributed by atoms with Crippen LogP contribution < -0.4 is 0 Å². The number of sulfonamides is 1. The van der Waals surface area contributed by atoms with E-state index < -0.39 is 15.6 Å². The van der Waals surface area contributed by atoms with Crippen LogP contribution in [0.5, 0.6) is 0 Å². The van der Waals surface area contributed by atoms with Crippen LogP contribution in [-0.4, -0.2) is 36.5 Å². The van der Waals surface area contributed by atoms with Crippen molar-refractivity contribution in [3.63, 3.8) is 0 Å². The largest absolute Gasteiger partial charge is 0.389 e. The minimum atomic E-state index is -3.54. The third kappa shape index (κ3) is 2.54. The van der Waals surface area contributed by atoms with Crippen LogP contribution in [0.3, 0.4) is 0 Å². The Kier molecular flexibility index (Phi) is 3.44. The third-order valence-electron chi connectivity index (χ3n) is 3.17. The smallest absolute Gasteiger partial charge is 0.243 e. The van der Waals surface area contributed by atoms with Crippen molar-refractivity contribution in [2.45, 2.75) is 30.8 Å². The summed E-state index contributed by atoms with van der Waals surface area (Å²) < 4.78 is 26.2. The molecule has 2 rings (SSSR count). The average molecular weight is 290 g/mol. The minimum absolute atomic E-state index is 0.136. The fourth-order valence-electron chi connectivity index (χ4n) is 2.15. The molecule has 1 unspecified atom stereocenters. The molecule has 6 heteroatoms. The Labute approximate surface area is 112 Å². The first-order chi connectivity index (χ1) is 8.22. The summed E-state index contributed by atoms with van der Waals surface area (Å²) in [6.07, 6.45) is 0.457. The molecular formula is C12H16ClNO3S. The van der Waals surface area contributed by atoms with Gasteiger partial charge in [-0.25, -0.2) is 8.42 Å². The van der Waals surface area contributed by atoms with Crippen molar-refractivity contribution in [2.75, 3.05) is 13.1 Å². The van der Waals surface area contributed by atoms with Gasteiger partial charge in [0.25, 0.3) is 0 Å². The fraction of sp³-hybridized carbons (Fsp3) is 0.500. The normalized spacial score (nSPS) is 25.6. The monoisotopic (exact) mass is 289 g/mol. The van der Waals surface area contributed by atoms with Crippen LogP contribution >= 0.6 is 11.6 Å². The molecule has 1 aromatic carbocycles. The Morgan fingerprint density at radius 3 is 2.61 bits per heavy atom. The van der Waals surface area contributed by atoms with Gasteiger partial charge in [-0.15, -0.1) is 0 Å². The lowest BCUT2D eigenvalue weighted by Gasteiger charge is -2.20. The Morgan fingerprint density at radius 2 is 2.11 bits per heavy atom. The summed E-state index contributed by atoms with van der Waals surface area (Å²) in [5.74, 6) is 0. The molecule has 0 saturated carbocycles. The molecule has 18 heavy (non-hydrogen) atoms. The Hall–Kier alpha value is -0.620. The molecule has 1 aliphatic rings. The number of hydrogen-bond donors (Lipinski definition) is 1. The molecule has 1 N–H and O–H groups in total. The Bertz CT molecular complexity index is 569. The second-order valence-electron chi connectivity index (χ2n) is 5.00. The van der Waals surface area contributed by atoms with Gasteiger partial charge in [0.2, 0.25) is 10.0 Å². The standard InChI is InChI=1S/C12H16ClNO3S/c1-9-7-10(13)3-4-11(9)18(16,17)14-6-5-12(2,15)8-14/h3-4,7,15H,5-6,8H2,1-2H3. The van der Waals surface area contributed by atoms with Crippen LogP contribution in [0.4, 0.5) is 0 Å². The first-order valence-corrected chi connectivity index (χ1v) is 7.53. The van der Waals surface area contributed by atoms with E-state index in [4.69, 9.17) is 11.6 Å². The lowest BCUT2D eigenvalue weighted by Crippen LogP contribution is -2.34. The lowest BCUT2D eigenvalue weighted by molar-refractivity contribution is 0.0762. The molecule has 0 amide bonds. The molecule has 0 spiro atoms. The van der Waals surface area contributed by atoms with Gasteiger partial charge in [-0.3, -0.25) is 0 Å². The molecule has 0 radical (unpaired) electrons. The number of hydrogen-bond acceptors (Lipinski definition) is 3. The maximum atomic E-state index is 12.4. The minimum Gasteiger partial charge on any atom is -0.389 e. The SMILES string of the molecule is Cc1cc(Cl)ccc1S(=O)(=O)N1CCC(C)(O)C1. The van der Waals surface area contributed by atoms with Gasteiger partial charge in [0.1, 0.15) is 0 Å². The molecule has 0 aromatic heterocycles. The highest BCUT2D eigenvalue weighted by atomic mass is 35.5. The van der Waals surface area contributed by atoms with Crippen LogP contribution in [0.2, 0.25) is 5.02 Å². The van der Waals surface area contributed by atoms with Crippen molar-refractivity contribution in [1.29, 1.82) is 0 Å². The second kappa shape index (κ2) is 4.49. The predicted octanol–water partition coefficient (Wildman–Crippen LogP) is 1.79. The van der Waals surface area contributed by atoms with E-state index in [9.17, 15) is 13.5 Å². The maximum Gasteiger partial charge on any atom is 0.243 e. The van der Waals surface area contributed by atoms with Crippen molar-refractivity contribution >= 4 is 21.6 Å². The van der Waals surface area contributed by atoms with Crippen LogP contribution in [0.25, 0.3) is 0 Å². The average Bonchev–Trinajstić information content (AvgIpc) is 2.58. The number of nitrogens with zero attached hydrogens (tertiary/aromatic N) is 1. The number of benzene rings is 1. The molecular weight excluding hydrogens is 274 g/mol. The van der Waals surface area contributed by atoms with E-state index in [0.717, 1.165) is 0 Å². The molecule has 1 saturated heterocycles. The lowest BCUT2D eigenvalue weighted by atomic mass is 10.1. The van der Waals surface area contributed by atoms with Gasteiger partial charge < -0.3 is 5.11 Å². The highest BCUT2D eigenvalue weighted by Crippen LogP contribution is 2.29. The van der Waals surface area contributed by atoms with Crippen molar-refractivity contribution in [3.8, 4) is 0 Å². The van der Waals surface area contributed by atoms with Gasteiger partial charge in [0.15, 0.2) is 0 Å². The van der Waals surface area contributed by atoms with E-state index in [1.165, 1.54) is 10.4 Å². The van der Waals surface area contributed by atoms with E-state index in [2.05, 4.69) is 0 Å². The van der Waals surface area contributed by atoms with Crippen LogP contribution in [0.1, 0.15) is 18.9 Å². The molecule has 1 heterocycles. The summed E-state index contributed by atoms with van der Waals surface area (Å²) >= 11 is 5.82. The summed E-state index contributed by atoms with van der Waals surface area (Å²) in [6.45, 7) is 3.85. The van der Waals surface area contributed by atoms with Gasteiger partial charge >= 0.3 is 0 Å². The summed E-state index contributed by atoms with van der Waals surface area (Å²) in [5.41, 5.74) is -0.318. The van der Waals surface area contributed by atoms with Gasteiger partial charge in [-0.05, 0) is 44.0 Å². The predicted molar refractivity (Wildman–Crippen MR) is 70.2 cm³/mol. The van der Waals surface area contributed by atoms with Crippen molar-refractivity contribution in [3.05, 3.63) is 28.8 Å². The summed E-state index contributed by atoms with van der Waals surface area (Å²) in [7, 11) is -3.54. The van der Waals surface area contributed by atoms with E-state index in [1.807, 2.05) is 0 Å². The van der Waals surface area contributed by atoms with Gasteiger partial charge in [-0.2, -0.15) is 4.31 Å². The Balaban J connectivity index is 2.38. The zero-order valence-corrected chi connectivity index (χ0v) is 11.9. The third-order valence-corrected chi connectivity index (χ3v) is 5.41. The molecule has 0 aliphatic carbocycles. The van der Waals surface area contributed by atoms with E-state index in [-0.39, 0.29) is 11.4 Å². The zero-order chi connectivity index (χ0) is 13.6. The highest BCUT2D eigenvalue weighted by molar-refractivity contribution is 7.89. The van der Waals surface area contributed by atoms with Crippen LogP contribution in [0.15, 0.2) is 23.1 Å². The molecule has 100 valence electrons. The number of aryl methyl sites for hydroxylation is 1. The molecule has 0 bridgehead atoms. The van der Waals surface area contributed by atoms with Gasteiger partial charge in [0, 0.05) is 18.1 Å². The van der Waals surface area contributed by atoms with Crippen molar-refractivity contribution in [1.82, 2.24) is 4.31 Å². The molecule has 1 atom stereocenters. The van der Waals surface area contributed by atoms with Crippen LogP contribution in [0, 0.1) is 6.92 Å². The zero-order valence-electron chi connectivity index (χ0n) is 10.4. The number of halogens is 1. The first kappa shape index (κ1) is 13.8. The molecule has 1 aromatic rings. The highest BCUT2D eigenvalue weighted by Gasteiger charge is 2.38. The molecule has 4 nitrogen and oxygen atoms in total. The second-order valence-corrected chi connectivity index (χ2v) is 7.34. The first-order valence-electron chi connectivity index (χ1n) is 5.71.